The summed E-state index contributed by atoms with van der Waals surface area (Å²) in [5.74, 6) is 1.03. The maximum absolute atomic E-state index is 5.84. The Morgan fingerprint density at radius 1 is 1.67 bits per heavy atom. The highest BCUT2D eigenvalue weighted by Gasteiger charge is 2.33. The van der Waals surface area contributed by atoms with Crippen LogP contribution in [0.15, 0.2) is 12.4 Å². The lowest BCUT2D eigenvalue weighted by atomic mass is 10.1. The molecule has 3 atom stereocenters. The summed E-state index contributed by atoms with van der Waals surface area (Å²) in [6, 6.07) is 0.650. The molecule has 0 bridgehead atoms. The van der Waals surface area contributed by atoms with E-state index in [1.165, 1.54) is 0 Å². The van der Waals surface area contributed by atoms with Gasteiger partial charge in [0, 0.05) is 44.7 Å². The number of methoxy groups -OCH3 is 1. The molecule has 0 aliphatic carbocycles. The van der Waals surface area contributed by atoms with Crippen molar-refractivity contribution < 1.29 is 9.47 Å². The maximum Gasteiger partial charge on any atom is 0.139 e. The van der Waals surface area contributed by atoms with E-state index in [-0.39, 0.29) is 6.10 Å². The Labute approximate surface area is 108 Å². The van der Waals surface area contributed by atoms with E-state index in [2.05, 4.69) is 28.7 Å². The number of rotatable bonds is 6. The SMILES string of the molecule is CCn1ccnc1[C@H]1OCC[C@@H]1N[C@H](C)COC. The van der Waals surface area contributed by atoms with E-state index < -0.39 is 0 Å². The highest BCUT2D eigenvalue weighted by atomic mass is 16.5. The average molecular weight is 253 g/mol. The molecule has 0 radical (unpaired) electrons. The van der Waals surface area contributed by atoms with Crippen LogP contribution in [0.3, 0.4) is 0 Å². The van der Waals surface area contributed by atoms with Gasteiger partial charge in [-0.1, -0.05) is 0 Å². The van der Waals surface area contributed by atoms with E-state index >= 15 is 0 Å². The van der Waals surface area contributed by atoms with Crippen molar-refractivity contribution in [3.05, 3.63) is 18.2 Å². The number of ether oxygens (including phenoxy) is 2. The zero-order chi connectivity index (χ0) is 13.0. The molecule has 0 aromatic carbocycles. The first-order valence-electron chi connectivity index (χ1n) is 6.63. The van der Waals surface area contributed by atoms with Gasteiger partial charge in [-0.2, -0.15) is 0 Å². The molecule has 1 aromatic heterocycles. The minimum atomic E-state index is 0.0549. The minimum absolute atomic E-state index is 0.0549. The molecule has 1 N–H and O–H groups in total. The minimum Gasteiger partial charge on any atom is -0.383 e. The second kappa shape index (κ2) is 6.31. The van der Waals surface area contributed by atoms with Gasteiger partial charge >= 0.3 is 0 Å². The molecule has 1 aliphatic rings. The summed E-state index contributed by atoms with van der Waals surface area (Å²) in [7, 11) is 1.73. The lowest BCUT2D eigenvalue weighted by Gasteiger charge is -2.23. The first-order chi connectivity index (χ1) is 8.76. The highest BCUT2D eigenvalue weighted by Crippen LogP contribution is 2.28. The summed E-state index contributed by atoms with van der Waals surface area (Å²) in [6.07, 6.45) is 4.93. The molecule has 102 valence electrons. The molecule has 18 heavy (non-hydrogen) atoms. The summed E-state index contributed by atoms with van der Waals surface area (Å²) in [4.78, 5) is 4.44. The van der Waals surface area contributed by atoms with Crippen LogP contribution in [0.2, 0.25) is 0 Å². The Morgan fingerprint density at radius 2 is 2.50 bits per heavy atom. The molecule has 1 saturated heterocycles. The number of hydrogen-bond acceptors (Lipinski definition) is 4. The number of hydrogen-bond donors (Lipinski definition) is 1. The van der Waals surface area contributed by atoms with Crippen molar-refractivity contribution in [1.82, 2.24) is 14.9 Å². The quantitative estimate of drug-likeness (QED) is 0.831. The molecule has 5 heteroatoms. The second-order valence-electron chi connectivity index (χ2n) is 4.78. The van der Waals surface area contributed by atoms with Crippen molar-refractivity contribution >= 4 is 0 Å². The van der Waals surface area contributed by atoms with Crippen LogP contribution in [0.1, 0.15) is 32.2 Å². The van der Waals surface area contributed by atoms with Crippen LogP contribution in [0.4, 0.5) is 0 Å². The Balaban J connectivity index is 2.03. The molecule has 5 nitrogen and oxygen atoms in total. The van der Waals surface area contributed by atoms with Crippen molar-refractivity contribution in [1.29, 1.82) is 0 Å². The Bertz CT molecular complexity index is 367. The van der Waals surface area contributed by atoms with Gasteiger partial charge in [0.05, 0.1) is 6.61 Å². The van der Waals surface area contributed by atoms with Crippen molar-refractivity contribution in [3.63, 3.8) is 0 Å². The van der Waals surface area contributed by atoms with Gasteiger partial charge in [-0.05, 0) is 20.3 Å². The van der Waals surface area contributed by atoms with E-state index in [0.29, 0.717) is 18.7 Å². The van der Waals surface area contributed by atoms with Crippen LogP contribution in [0.25, 0.3) is 0 Å². The highest BCUT2D eigenvalue weighted by molar-refractivity contribution is 5.03. The third kappa shape index (κ3) is 2.91. The molecule has 0 amide bonds. The first kappa shape index (κ1) is 13.5. The Hall–Kier alpha value is -0.910. The smallest absolute Gasteiger partial charge is 0.139 e. The monoisotopic (exact) mass is 253 g/mol. The summed E-state index contributed by atoms with van der Waals surface area (Å²) in [6.45, 7) is 6.68. The van der Waals surface area contributed by atoms with Gasteiger partial charge < -0.3 is 19.4 Å². The summed E-state index contributed by atoms with van der Waals surface area (Å²) >= 11 is 0. The predicted octanol–water partition coefficient (Wildman–Crippen LogP) is 1.36. The normalized spacial score (nSPS) is 25.5. The van der Waals surface area contributed by atoms with Crippen molar-refractivity contribution in [2.24, 2.45) is 0 Å². The molecule has 0 unspecified atom stereocenters. The van der Waals surface area contributed by atoms with Gasteiger partial charge in [-0.3, -0.25) is 0 Å². The molecule has 2 heterocycles. The molecule has 2 rings (SSSR count). The van der Waals surface area contributed by atoms with E-state index in [1.54, 1.807) is 7.11 Å². The van der Waals surface area contributed by atoms with Gasteiger partial charge in [-0.25, -0.2) is 4.98 Å². The van der Waals surface area contributed by atoms with Crippen LogP contribution in [0.5, 0.6) is 0 Å². The topological polar surface area (TPSA) is 48.3 Å². The van der Waals surface area contributed by atoms with E-state index in [0.717, 1.165) is 25.4 Å². The molecule has 0 spiro atoms. The summed E-state index contributed by atoms with van der Waals surface area (Å²) in [5.41, 5.74) is 0. The van der Waals surface area contributed by atoms with Gasteiger partial charge in [-0.15, -0.1) is 0 Å². The zero-order valence-corrected chi connectivity index (χ0v) is 11.4. The average Bonchev–Trinajstić information content (AvgIpc) is 2.96. The second-order valence-corrected chi connectivity index (χ2v) is 4.78. The maximum atomic E-state index is 5.84. The zero-order valence-electron chi connectivity index (χ0n) is 11.4. The summed E-state index contributed by atoms with van der Waals surface area (Å²) in [5, 5.41) is 3.57. The van der Waals surface area contributed by atoms with Crippen LogP contribution in [-0.2, 0) is 16.0 Å². The first-order valence-corrected chi connectivity index (χ1v) is 6.63. The van der Waals surface area contributed by atoms with Crippen LogP contribution in [-0.4, -0.2) is 42.0 Å². The predicted molar refractivity (Wildman–Crippen MR) is 69.5 cm³/mol. The lowest BCUT2D eigenvalue weighted by molar-refractivity contribution is 0.0823. The van der Waals surface area contributed by atoms with E-state index in [4.69, 9.17) is 9.47 Å². The van der Waals surface area contributed by atoms with Crippen LogP contribution < -0.4 is 5.32 Å². The fraction of sp³-hybridized carbons (Fsp3) is 0.769. The third-order valence-electron chi connectivity index (χ3n) is 3.35. The number of imidazole rings is 1. The molecular formula is C13H23N3O2. The fourth-order valence-corrected chi connectivity index (χ4v) is 2.52. The Kier molecular flexibility index (Phi) is 4.74. The Morgan fingerprint density at radius 3 is 3.22 bits per heavy atom. The van der Waals surface area contributed by atoms with Gasteiger partial charge in [0.25, 0.3) is 0 Å². The standard InChI is InChI=1S/C13H23N3O2/c1-4-16-7-6-14-13(16)12-11(5-8-18-12)15-10(2)9-17-3/h6-7,10-12,15H,4-5,8-9H2,1-3H3/t10-,11+,12+/m1/s1. The number of aryl methyl sites for hydroxylation is 1. The fourth-order valence-electron chi connectivity index (χ4n) is 2.52. The van der Waals surface area contributed by atoms with Gasteiger partial charge in [0.2, 0.25) is 0 Å². The molecule has 1 fully saturated rings. The largest absolute Gasteiger partial charge is 0.383 e. The molecular weight excluding hydrogens is 230 g/mol. The molecule has 1 aromatic rings. The molecule has 1 aliphatic heterocycles. The van der Waals surface area contributed by atoms with Crippen LogP contribution >= 0.6 is 0 Å². The van der Waals surface area contributed by atoms with Gasteiger partial charge in [0.1, 0.15) is 11.9 Å². The lowest BCUT2D eigenvalue weighted by Crippen LogP contribution is -2.41. The number of nitrogens with one attached hydrogen (secondary N) is 1. The number of aromatic nitrogens is 2. The van der Waals surface area contributed by atoms with Crippen molar-refractivity contribution in [2.75, 3.05) is 20.3 Å². The van der Waals surface area contributed by atoms with Crippen molar-refractivity contribution in [2.45, 2.75) is 45.0 Å². The molecule has 0 saturated carbocycles. The van der Waals surface area contributed by atoms with Crippen molar-refractivity contribution in [3.8, 4) is 0 Å². The van der Waals surface area contributed by atoms with Gasteiger partial charge in [0.15, 0.2) is 0 Å². The summed E-state index contributed by atoms with van der Waals surface area (Å²) < 4.78 is 13.1. The number of nitrogens with zero attached hydrogens (tertiary/aromatic N) is 2. The van der Waals surface area contributed by atoms with E-state index in [1.807, 2.05) is 12.4 Å². The van der Waals surface area contributed by atoms with Crippen LogP contribution in [0, 0.1) is 0 Å². The third-order valence-corrected chi connectivity index (χ3v) is 3.35. The van der Waals surface area contributed by atoms with E-state index in [9.17, 15) is 0 Å².